The van der Waals surface area contributed by atoms with E-state index < -0.39 is 0 Å². The zero-order valence-electron chi connectivity index (χ0n) is 15.1. The predicted molar refractivity (Wildman–Crippen MR) is 103 cm³/mol. The number of piperidine rings is 1. The van der Waals surface area contributed by atoms with Crippen molar-refractivity contribution >= 4 is 35.7 Å². The van der Waals surface area contributed by atoms with E-state index in [1.807, 2.05) is 9.80 Å². The van der Waals surface area contributed by atoms with Crippen LogP contribution in [0.15, 0.2) is 12.1 Å². The average Bonchev–Trinajstić information content (AvgIpc) is 3.33. The van der Waals surface area contributed by atoms with E-state index in [0.717, 1.165) is 25.9 Å². The summed E-state index contributed by atoms with van der Waals surface area (Å²) in [4.78, 5) is 28.8. The number of amides is 3. The lowest BCUT2D eigenvalue weighted by molar-refractivity contribution is -0.121. The minimum Gasteiger partial charge on any atom is -0.454 e. The van der Waals surface area contributed by atoms with Crippen LogP contribution in [0.2, 0.25) is 0 Å². The molecule has 3 heterocycles. The van der Waals surface area contributed by atoms with Crippen molar-refractivity contribution in [3.05, 3.63) is 12.1 Å². The van der Waals surface area contributed by atoms with Gasteiger partial charge in [0.05, 0.1) is 11.4 Å². The Bertz CT molecular complexity index is 716. The Balaban J connectivity index is 0.00000210. The van der Waals surface area contributed by atoms with Crippen LogP contribution in [0, 0.1) is 5.92 Å². The monoisotopic (exact) mass is 396 g/mol. The van der Waals surface area contributed by atoms with Gasteiger partial charge >= 0.3 is 6.03 Å². The summed E-state index contributed by atoms with van der Waals surface area (Å²) < 4.78 is 10.6. The molecule has 9 heteroatoms. The maximum Gasteiger partial charge on any atom is 0.319 e. The van der Waals surface area contributed by atoms with Crippen molar-refractivity contribution in [3.8, 4) is 11.5 Å². The molecule has 0 spiro atoms. The fourth-order valence-corrected chi connectivity index (χ4v) is 3.74. The molecule has 1 aromatic rings. The molecule has 4 rings (SSSR count). The van der Waals surface area contributed by atoms with Crippen molar-refractivity contribution in [1.82, 2.24) is 9.80 Å². The van der Waals surface area contributed by atoms with Crippen LogP contribution in [0.25, 0.3) is 0 Å². The van der Waals surface area contributed by atoms with Gasteiger partial charge in [0.1, 0.15) is 0 Å². The third-order valence-corrected chi connectivity index (χ3v) is 5.32. The predicted octanol–water partition coefficient (Wildman–Crippen LogP) is 2.29. The molecule has 8 nitrogen and oxygen atoms in total. The van der Waals surface area contributed by atoms with Crippen LogP contribution in [-0.4, -0.2) is 54.7 Å². The normalized spacial score (nSPS) is 19.0. The van der Waals surface area contributed by atoms with Gasteiger partial charge in [-0.2, -0.15) is 0 Å². The standard InChI is InChI=1S/C18H24N4O4.ClH/c19-13-9-15-16(26-11-25-15)10-14(13)20-17(23)12-3-7-22(8-4-12)18(24)21-5-1-2-6-21;/h9-10,12H,1-8,11,19H2,(H,20,23);1H. The summed E-state index contributed by atoms with van der Waals surface area (Å²) in [7, 11) is 0. The van der Waals surface area contributed by atoms with E-state index in [9.17, 15) is 9.59 Å². The second-order valence-electron chi connectivity index (χ2n) is 7.02. The lowest BCUT2D eigenvalue weighted by Crippen LogP contribution is -2.47. The van der Waals surface area contributed by atoms with Crippen molar-refractivity contribution in [2.45, 2.75) is 25.7 Å². The molecular formula is C18H25ClN4O4. The highest BCUT2D eigenvalue weighted by molar-refractivity contribution is 5.96. The van der Waals surface area contributed by atoms with Gasteiger partial charge in [-0.05, 0) is 25.7 Å². The summed E-state index contributed by atoms with van der Waals surface area (Å²) in [6, 6.07) is 3.47. The number of carbonyl (C=O) groups is 2. The summed E-state index contributed by atoms with van der Waals surface area (Å²) >= 11 is 0. The SMILES string of the molecule is Cl.Nc1cc2c(cc1NC(=O)C1CCN(C(=O)N3CCCC3)CC1)OCO2. The van der Waals surface area contributed by atoms with E-state index in [2.05, 4.69) is 5.32 Å². The van der Waals surface area contributed by atoms with Crippen LogP contribution in [0.1, 0.15) is 25.7 Å². The first kappa shape index (κ1) is 19.4. The van der Waals surface area contributed by atoms with E-state index in [4.69, 9.17) is 15.2 Å². The van der Waals surface area contributed by atoms with Crippen molar-refractivity contribution in [3.63, 3.8) is 0 Å². The molecule has 2 fully saturated rings. The van der Waals surface area contributed by atoms with Gasteiger partial charge in [0.2, 0.25) is 12.7 Å². The minimum atomic E-state index is -0.123. The number of fused-ring (bicyclic) bond motifs is 1. The number of rotatable bonds is 2. The number of benzene rings is 1. The van der Waals surface area contributed by atoms with Gasteiger partial charge in [-0.3, -0.25) is 4.79 Å². The largest absolute Gasteiger partial charge is 0.454 e. The van der Waals surface area contributed by atoms with Crippen molar-refractivity contribution in [2.75, 3.05) is 44.0 Å². The van der Waals surface area contributed by atoms with E-state index in [1.165, 1.54) is 0 Å². The van der Waals surface area contributed by atoms with Crippen molar-refractivity contribution in [1.29, 1.82) is 0 Å². The smallest absolute Gasteiger partial charge is 0.319 e. The molecule has 0 aliphatic carbocycles. The zero-order chi connectivity index (χ0) is 18.1. The summed E-state index contributed by atoms with van der Waals surface area (Å²) in [5, 5.41) is 2.90. The van der Waals surface area contributed by atoms with Gasteiger partial charge in [0, 0.05) is 44.2 Å². The third-order valence-electron chi connectivity index (χ3n) is 5.32. The number of anilines is 2. The summed E-state index contributed by atoms with van der Waals surface area (Å²) in [5.41, 5.74) is 6.98. The Hall–Kier alpha value is -2.35. The van der Waals surface area contributed by atoms with Gasteiger partial charge in [-0.15, -0.1) is 12.4 Å². The Labute approximate surface area is 164 Å². The van der Waals surface area contributed by atoms with Crippen molar-refractivity contribution < 1.29 is 19.1 Å². The summed E-state index contributed by atoms with van der Waals surface area (Å²) in [5.74, 6) is 0.987. The molecule has 3 aliphatic heterocycles. The molecular weight excluding hydrogens is 372 g/mol. The Morgan fingerprint density at radius 2 is 1.59 bits per heavy atom. The highest BCUT2D eigenvalue weighted by Gasteiger charge is 2.31. The third kappa shape index (κ3) is 4.00. The molecule has 0 radical (unpaired) electrons. The number of hydrogen-bond acceptors (Lipinski definition) is 5. The molecule has 3 aliphatic rings. The molecule has 2 saturated heterocycles. The Kier molecular flexibility index (Phi) is 5.84. The highest BCUT2D eigenvalue weighted by Crippen LogP contribution is 2.38. The van der Waals surface area contributed by atoms with Gasteiger partial charge in [0.15, 0.2) is 11.5 Å². The first-order valence-corrected chi connectivity index (χ1v) is 9.15. The van der Waals surface area contributed by atoms with Gasteiger partial charge in [0.25, 0.3) is 0 Å². The molecule has 0 aromatic heterocycles. The lowest BCUT2D eigenvalue weighted by atomic mass is 9.96. The molecule has 1 aromatic carbocycles. The number of carbonyl (C=O) groups excluding carboxylic acids is 2. The zero-order valence-corrected chi connectivity index (χ0v) is 15.9. The maximum atomic E-state index is 12.6. The number of ether oxygens (including phenoxy) is 2. The van der Waals surface area contributed by atoms with E-state index >= 15 is 0 Å². The number of nitrogen functional groups attached to an aromatic ring is 1. The summed E-state index contributed by atoms with van der Waals surface area (Å²) in [6.45, 7) is 3.09. The maximum absolute atomic E-state index is 12.6. The average molecular weight is 397 g/mol. The fourth-order valence-electron chi connectivity index (χ4n) is 3.74. The topological polar surface area (TPSA) is 97.1 Å². The number of likely N-dealkylation sites (tertiary alicyclic amines) is 2. The first-order valence-electron chi connectivity index (χ1n) is 9.15. The molecule has 0 unspecified atom stereocenters. The molecule has 27 heavy (non-hydrogen) atoms. The number of hydrogen-bond donors (Lipinski definition) is 2. The number of nitrogens with two attached hydrogens (primary N) is 1. The molecule has 0 bridgehead atoms. The summed E-state index contributed by atoms with van der Waals surface area (Å²) in [6.07, 6.45) is 3.49. The van der Waals surface area contributed by atoms with Crippen LogP contribution in [0.4, 0.5) is 16.2 Å². The molecule has 148 valence electrons. The quantitative estimate of drug-likeness (QED) is 0.747. The second kappa shape index (κ2) is 8.12. The number of urea groups is 1. The molecule has 3 amide bonds. The molecule has 3 N–H and O–H groups in total. The van der Waals surface area contributed by atoms with Gasteiger partial charge in [-0.25, -0.2) is 4.79 Å². The molecule has 0 atom stereocenters. The van der Waals surface area contributed by atoms with Crippen LogP contribution >= 0.6 is 12.4 Å². The van der Waals surface area contributed by atoms with Crippen LogP contribution in [0.5, 0.6) is 11.5 Å². The van der Waals surface area contributed by atoms with E-state index in [0.29, 0.717) is 48.8 Å². The second-order valence-corrected chi connectivity index (χ2v) is 7.02. The Morgan fingerprint density at radius 1 is 1.00 bits per heavy atom. The first-order chi connectivity index (χ1) is 12.6. The lowest BCUT2D eigenvalue weighted by Gasteiger charge is -2.34. The van der Waals surface area contributed by atoms with Crippen LogP contribution in [-0.2, 0) is 4.79 Å². The highest BCUT2D eigenvalue weighted by atomic mass is 35.5. The van der Waals surface area contributed by atoms with E-state index in [-0.39, 0.29) is 37.1 Å². The van der Waals surface area contributed by atoms with Gasteiger partial charge < -0.3 is 30.3 Å². The fraction of sp³-hybridized carbons (Fsp3) is 0.556. The van der Waals surface area contributed by atoms with Crippen LogP contribution in [0.3, 0.4) is 0 Å². The Morgan fingerprint density at radius 3 is 2.26 bits per heavy atom. The minimum absolute atomic E-state index is 0. The number of nitrogens with one attached hydrogen (secondary N) is 1. The van der Waals surface area contributed by atoms with Crippen molar-refractivity contribution in [2.24, 2.45) is 5.92 Å². The number of nitrogens with zero attached hydrogens (tertiary/aromatic N) is 2. The number of halogens is 1. The molecule has 0 saturated carbocycles. The van der Waals surface area contributed by atoms with E-state index in [1.54, 1.807) is 12.1 Å². The van der Waals surface area contributed by atoms with Crippen LogP contribution < -0.4 is 20.5 Å². The van der Waals surface area contributed by atoms with Gasteiger partial charge in [-0.1, -0.05) is 0 Å².